The average molecular weight is 317 g/mol. The third-order valence-electron chi connectivity index (χ3n) is 4.10. The highest BCUT2D eigenvalue weighted by Crippen LogP contribution is 2.21. The van der Waals surface area contributed by atoms with Gasteiger partial charge >= 0.3 is 0 Å². The highest BCUT2D eigenvalue weighted by Gasteiger charge is 2.21. The number of imidazole rings is 1. The minimum absolute atomic E-state index is 0.116. The Labute approximate surface area is 138 Å². The molecule has 118 valence electrons. The van der Waals surface area contributed by atoms with Gasteiger partial charge in [-0.05, 0) is 23.8 Å². The minimum Gasteiger partial charge on any atom is -0.347 e. The standard InChI is InChI=1S/C19H15N3O2/c23-17-10-14(9-13-5-1-2-6-16(13)17)19(24)20-11-15-12-22-8-4-3-7-18(22)21-15/h1-8,10,12H,9,11H2,(H,20,24). The Bertz CT molecular complexity index is 952. The summed E-state index contributed by atoms with van der Waals surface area (Å²) in [7, 11) is 0. The molecule has 5 heteroatoms. The second-order valence-corrected chi connectivity index (χ2v) is 5.75. The molecule has 4 rings (SSSR count). The van der Waals surface area contributed by atoms with Crippen LogP contribution in [0, 0.1) is 0 Å². The lowest BCUT2D eigenvalue weighted by Crippen LogP contribution is -2.28. The van der Waals surface area contributed by atoms with Crippen LogP contribution < -0.4 is 5.32 Å². The second-order valence-electron chi connectivity index (χ2n) is 5.75. The van der Waals surface area contributed by atoms with E-state index in [1.54, 1.807) is 6.07 Å². The fourth-order valence-electron chi connectivity index (χ4n) is 2.91. The van der Waals surface area contributed by atoms with Gasteiger partial charge in [-0.15, -0.1) is 0 Å². The molecule has 0 spiro atoms. The first-order chi connectivity index (χ1) is 11.7. The van der Waals surface area contributed by atoms with Gasteiger partial charge in [0.25, 0.3) is 0 Å². The van der Waals surface area contributed by atoms with Gasteiger partial charge in [0, 0.05) is 30.0 Å². The normalized spacial score (nSPS) is 13.5. The van der Waals surface area contributed by atoms with Crippen molar-refractivity contribution in [3.05, 3.63) is 83.3 Å². The Morgan fingerprint density at radius 2 is 2.00 bits per heavy atom. The third-order valence-corrected chi connectivity index (χ3v) is 4.10. The lowest BCUT2D eigenvalue weighted by Gasteiger charge is -2.15. The molecule has 1 amide bonds. The number of nitrogens with one attached hydrogen (secondary N) is 1. The Morgan fingerprint density at radius 3 is 2.88 bits per heavy atom. The quantitative estimate of drug-likeness (QED) is 0.806. The molecule has 2 heterocycles. The van der Waals surface area contributed by atoms with Crippen molar-refractivity contribution in [2.45, 2.75) is 13.0 Å². The maximum Gasteiger partial charge on any atom is 0.248 e. The van der Waals surface area contributed by atoms with Crippen LogP contribution in [0.5, 0.6) is 0 Å². The van der Waals surface area contributed by atoms with E-state index in [4.69, 9.17) is 0 Å². The first-order valence-corrected chi connectivity index (χ1v) is 7.74. The van der Waals surface area contributed by atoms with E-state index in [2.05, 4.69) is 10.3 Å². The zero-order chi connectivity index (χ0) is 16.5. The second kappa shape index (κ2) is 5.77. The van der Waals surface area contributed by atoms with Crippen molar-refractivity contribution in [2.75, 3.05) is 0 Å². The van der Waals surface area contributed by atoms with E-state index in [-0.39, 0.29) is 11.7 Å². The van der Waals surface area contributed by atoms with Crippen molar-refractivity contribution in [1.29, 1.82) is 0 Å². The lowest BCUT2D eigenvalue weighted by molar-refractivity contribution is -0.117. The Balaban J connectivity index is 1.48. The van der Waals surface area contributed by atoms with E-state index in [0.717, 1.165) is 16.9 Å². The highest BCUT2D eigenvalue weighted by atomic mass is 16.2. The molecule has 0 radical (unpaired) electrons. The number of hydrogen-bond donors (Lipinski definition) is 1. The number of hydrogen-bond acceptors (Lipinski definition) is 3. The molecular formula is C19H15N3O2. The predicted molar refractivity (Wildman–Crippen MR) is 89.6 cm³/mol. The molecule has 0 saturated heterocycles. The SMILES string of the molecule is O=C(NCc1cn2ccccc2n1)C1=CC(=O)c2ccccc2C1. The molecule has 1 N–H and O–H groups in total. The third kappa shape index (κ3) is 2.60. The van der Waals surface area contributed by atoms with Gasteiger partial charge < -0.3 is 9.72 Å². The van der Waals surface area contributed by atoms with Crippen LogP contribution in [0.1, 0.15) is 21.6 Å². The largest absolute Gasteiger partial charge is 0.347 e. The number of ketones is 1. The van der Waals surface area contributed by atoms with Gasteiger partial charge in [0.2, 0.25) is 5.91 Å². The van der Waals surface area contributed by atoms with Crippen LogP contribution in [0.4, 0.5) is 0 Å². The van der Waals surface area contributed by atoms with Crippen LogP contribution in [0.3, 0.4) is 0 Å². The van der Waals surface area contributed by atoms with Crippen LogP contribution in [-0.4, -0.2) is 21.1 Å². The molecule has 1 aromatic carbocycles. The van der Waals surface area contributed by atoms with Gasteiger partial charge in [-0.25, -0.2) is 4.98 Å². The molecule has 2 aromatic heterocycles. The van der Waals surface area contributed by atoms with E-state index >= 15 is 0 Å². The van der Waals surface area contributed by atoms with Crippen molar-refractivity contribution in [1.82, 2.24) is 14.7 Å². The first-order valence-electron chi connectivity index (χ1n) is 7.74. The van der Waals surface area contributed by atoms with Crippen molar-refractivity contribution < 1.29 is 9.59 Å². The van der Waals surface area contributed by atoms with E-state index in [9.17, 15) is 9.59 Å². The molecule has 3 aromatic rings. The van der Waals surface area contributed by atoms with Gasteiger partial charge in [0.15, 0.2) is 5.78 Å². The number of aromatic nitrogens is 2. The summed E-state index contributed by atoms with van der Waals surface area (Å²) in [6.07, 6.45) is 5.69. The molecule has 0 bridgehead atoms. The minimum atomic E-state index is -0.227. The summed E-state index contributed by atoms with van der Waals surface area (Å²) in [5.41, 5.74) is 3.67. The van der Waals surface area contributed by atoms with E-state index < -0.39 is 0 Å². The number of allylic oxidation sites excluding steroid dienone is 1. The predicted octanol–water partition coefficient (Wildman–Crippen LogP) is 2.32. The highest BCUT2D eigenvalue weighted by molar-refractivity contribution is 6.12. The lowest BCUT2D eigenvalue weighted by atomic mass is 9.90. The summed E-state index contributed by atoms with van der Waals surface area (Å²) < 4.78 is 1.90. The van der Waals surface area contributed by atoms with Gasteiger partial charge in [-0.1, -0.05) is 30.3 Å². The summed E-state index contributed by atoms with van der Waals surface area (Å²) in [5, 5.41) is 2.85. The number of rotatable bonds is 3. The van der Waals surface area contributed by atoms with Crippen molar-refractivity contribution in [2.24, 2.45) is 0 Å². The van der Waals surface area contributed by atoms with Gasteiger partial charge in [0.1, 0.15) is 5.65 Å². The molecule has 0 atom stereocenters. The summed E-state index contributed by atoms with van der Waals surface area (Å²) in [6, 6.07) is 13.1. The fraction of sp³-hybridized carbons (Fsp3) is 0.105. The fourth-order valence-corrected chi connectivity index (χ4v) is 2.91. The monoisotopic (exact) mass is 317 g/mol. The van der Waals surface area contributed by atoms with Gasteiger partial charge in [-0.3, -0.25) is 9.59 Å². The Morgan fingerprint density at radius 1 is 1.17 bits per heavy atom. The summed E-state index contributed by atoms with van der Waals surface area (Å²) in [6.45, 7) is 0.327. The maximum absolute atomic E-state index is 12.4. The average Bonchev–Trinajstić information content (AvgIpc) is 3.02. The molecule has 0 unspecified atom stereocenters. The Kier molecular flexibility index (Phi) is 3.46. The van der Waals surface area contributed by atoms with Crippen LogP contribution >= 0.6 is 0 Å². The van der Waals surface area contributed by atoms with Gasteiger partial charge in [-0.2, -0.15) is 0 Å². The van der Waals surface area contributed by atoms with E-state index in [1.807, 2.05) is 53.2 Å². The number of carbonyl (C=O) groups is 2. The smallest absolute Gasteiger partial charge is 0.248 e. The molecule has 0 fully saturated rings. The molecule has 0 aliphatic heterocycles. The number of amides is 1. The zero-order valence-electron chi connectivity index (χ0n) is 12.9. The van der Waals surface area contributed by atoms with Crippen LogP contribution in [0.25, 0.3) is 5.65 Å². The van der Waals surface area contributed by atoms with E-state index in [1.165, 1.54) is 6.08 Å². The number of pyridine rings is 1. The maximum atomic E-state index is 12.4. The molecular weight excluding hydrogens is 302 g/mol. The number of benzene rings is 1. The van der Waals surface area contributed by atoms with Crippen LogP contribution in [0.2, 0.25) is 0 Å². The van der Waals surface area contributed by atoms with Crippen molar-refractivity contribution >= 4 is 17.3 Å². The van der Waals surface area contributed by atoms with Crippen molar-refractivity contribution in [3.63, 3.8) is 0 Å². The van der Waals surface area contributed by atoms with Crippen LogP contribution in [0.15, 0.2) is 66.5 Å². The molecule has 24 heavy (non-hydrogen) atoms. The van der Waals surface area contributed by atoms with Crippen molar-refractivity contribution in [3.8, 4) is 0 Å². The number of fused-ring (bicyclic) bond motifs is 2. The van der Waals surface area contributed by atoms with Gasteiger partial charge in [0.05, 0.1) is 12.2 Å². The topological polar surface area (TPSA) is 63.5 Å². The number of nitrogens with zero attached hydrogens (tertiary/aromatic N) is 2. The number of carbonyl (C=O) groups excluding carboxylic acids is 2. The van der Waals surface area contributed by atoms with Crippen LogP contribution in [-0.2, 0) is 17.8 Å². The summed E-state index contributed by atoms with van der Waals surface area (Å²) in [4.78, 5) is 28.9. The van der Waals surface area contributed by atoms with E-state index in [0.29, 0.717) is 24.1 Å². The Hall–Kier alpha value is -3.21. The molecule has 0 saturated carbocycles. The molecule has 1 aliphatic rings. The summed E-state index contributed by atoms with van der Waals surface area (Å²) >= 11 is 0. The first kappa shape index (κ1) is 14.4. The molecule has 1 aliphatic carbocycles. The summed E-state index contributed by atoms with van der Waals surface area (Å²) in [5.74, 6) is -0.343. The molecule has 5 nitrogen and oxygen atoms in total. The zero-order valence-corrected chi connectivity index (χ0v) is 12.9.